The van der Waals surface area contributed by atoms with E-state index in [2.05, 4.69) is 0 Å². The molecule has 0 saturated heterocycles. The van der Waals surface area contributed by atoms with E-state index >= 15 is 0 Å². The summed E-state index contributed by atoms with van der Waals surface area (Å²) in [6, 6.07) is 4.66. The van der Waals surface area contributed by atoms with E-state index in [1.54, 1.807) is 12.1 Å². The van der Waals surface area contributed by atoms with Crippen molar-refractivity contribution < 1.29 is 19.4 Å². The van der Waals surface area contributed by atoms with Crippen molar-refractivity contribution >= 4 is 11.7 Å². The topological polar surface area (TPSA) is 81.8 Å². The van der Waals surface area contributed by atoms with Crippen molar-refractivity contribution in [1.29, 1.82) is 0 Å². The van der Waals surface area contributed by atoms with Crippen molar-refractivity contribution in [3.8, 4) is 5.75 Å². The highest BCUT2D eigenvalue weighted by Crippen LogP contribution is 2.24. The van der Waals surface area contributed by atoms with Gasteiger partial charge in [-0.1, -0.05) is 6.07 Å². The molecule has 5 heteroatoms. The van der Waals surface area contributed by atoms with Crippen LogP contribution < -0.4 is 10.5 Å². The number of hydrogen-bond acceptors (Lipinski definition) is 4. The largest absolute Gasteiger partial charge is 0.489 e. The second kappa shape index (κ2) is 5.97. The molecule has 0 saturated carbocycles. The zero-order chi connectivity index (χ0) is 12.0. The summed E-state index contributed by atoms with van der Waals surface area (Å²) < 4.78 is 10.4. The van der Waals surface area contributed by atoms with Gasteiger partial charge >= 0.3 is 5.97 Å². The SMILES string of the molecule is CCOCCOc1cccc(C(=O)O)c1N. The average Bonchev–Trinajstić information content (AvgIpc) is 2.26. The van der Waals surface area contributed by atoms with Gasteiger partial charge in [0.05, 0.1) is 17.9 Å². The zero-order valence-corrected chi connectivity index (χ0v) is 9.10. The van der Waals surface area contributed by atoms with Gasteiger partial charge in [-0.25, -0.2) is 4.79 Å². The normalized spacial score (nSPS) is 10.1. The highest BCUT2D eigenvalue weighted by atomic mass is 16.5. The maximum atomic E-state index is 10.8. The van der Waals surface area contributed by atoms with Gasteiger partial charge in [-0.3, -0.25) is 0 Å². The summed E-state index contributed by atoms with van der Waals surface area (Å²) in [4.78, 5) is 10.8. The summed E-state index contributed by atoms with van der Waals surface area (Å²) in [6.07, 6.45) is 0. The van der Waals surface area contributed by atoms with Gasteiger partial charge in [0.2, 0.25) is 0 Å². The molecule has 0 aliphatic carbocycles. The molecule has 3 N–H and O–H groups in total. The average molecular weight is 225 g/mol. The zero-order valence-electron chi connectivity index (χ0n) is 9.10. The van der Waals surface area contributed by atoms with Crippen molar-refractivity contribution in [2.24, 2.45) is 0 Å². The summed E-state index contributed by atoms with van der Waals surface area (Å²) >= 11 is 0. The van der Waals surface area contributed by atoms with Gasteiger partial charge in [0, 0.05) is 6.61 Å². The fourth-order valence-corrected chi connectivity index (χ4v) is 1.21. The highest BCUT2D eigenvalue weighted by molar-refractivity contribution is 5.95. The second-order valence-corrected chi connectivity index (χ2v) is 3.07. The molecule has 0 aliphatic heterocycles. The molecule has 1 aromatic carbocycles. The molecule has 88 valence electrons. The standard InChI is InChI=1S/C11H15NO4/c1-2-15-6-7-16-9-5-3-4-8(10(9)12)11(13)14/h3-5H,2,6-7,12H2,1H3,(H,13,14). The quantitative estimate of drug-likeness (QED) is 0.564. The maximum absolute atomic E-state index is 10.8. The molecule has 0 atom stereocenters. The number of benzene rings is 1. The van der Waals surface area contributed by atoms with E-state index in [9.17, 15) is 4.79 Å². The first-order valence-electron chi connectivity index (χ1n) is 4.99. The summed E-state index contributed by atoms with van der Waals surface area (Å²) in [5.41, 5.74) is 5.85. The second-order valence-electron chi connectivity index (χ2n) is 3.07. The molecule has 1 aromatic rings. The highest BCUT2D eigenvalue weighted by Gasteiger charge is 2.11. The van der Waals surface area contributed by atoms with Crippen LogP contribution >= 0.6 is 0 Å². The summed E-state index contributed by atoms with van der Waals surface area (Å²) in [6.45, 7) is 3.31. The lowest BCUT2D eigenvalue weighted by Crippen LogP contribution is -2.09. The van der Waals surface area contributed by atoms with Gasteiger partial charge in [-0.05, 0) is 19.1 Å². The van der Waals surface area contributed by atoms with Crippen LogP contribution in [0, 0.1) is 0 Å². The van der Waals surface area contributed by atoms with Crippen LogP contribution in [0.2, 0.25) is 0 Å². The van der Waals surface area contributed by atoms with Crippen LogP contribution in [0.4, 0.5) is 5.69 Å². The molecule has 0 aromatic heterocycles. The lowest BCUT2D eigenvalue weighted by molar-refractivity contribution is 0.0697. The third-order valence-corrected chi connectivity index (χ3v) is 1.99. The Morgan fingerprint density at radius 1 is 1.44 bits per heavy atom. The predicted molar refractivity (Wildman–Crippen MR) is 59.8 cm³/mol. The monoisotopic (exact) mass is 225 g/mol. The minimum Gasteiger partial charge on any atom is -0.489 e. The number of carboxylic acid groups (broad SMARTS) is 1. The van der Waals surface area contributed by atoms with E-state index in [-0.39, 0.29) is 11.3 Å². The molecule has 0 heterocycles. The van der Waals surface area contributed by atoms with Crippen LogP contribution in [-0.4, -0.2) is 30.9 Å². The third-order valence-electron chi connectivity index (χ3n) is 1.99. The minimum atomic E-state index is -1.06. The van der Waals surface area contributed by atoms with Crippen LogP contribution in [-0.2, 0) is 4.74 Å². The Balaban J connectivity index is 2.66. The third kappa shape index (κ3) is 3.13. The summed E-state index contributed by atoms with van der Waals surface area (Å²) in [5.74, 6) is -0.688. The number of para-hydroxylation sites is 1. The molecular formula is C11H15NO4. The molecule has 0 spiro atoms. The molecule has 0 aliphatic rings. The first-order chi connectivity index (χ1) is 7.66. The van der Waals surface area contributed by atoms with Gasteiger partial charge in [-0.15, -0.1) is 0 Å². The smallest absolute Gasteiger partial charge is 0.337 e. The first-order valence-corrected chi connectivity index (χ1v) is 4.99. The van der Waals surface area contributed by atoms with E-state index < -0.39 is 5.97 Å². The number of anilines is 1. The lowest BCUT2D eigenvalue weighted by atomic mass is 10.1. The molecule has 0 fully saturated rings. The van der Waals surface area contributed by atoms with Crippen molar-refractivity contribution in [3.63, 3.8) is 0 Å². The van der Waals surface area contributed by atoms with Crippen molar-refractivity contribution in [2.75, 3.05) is 25.6 Å². The molecule has 1 rings (SSSR count). The van der Waals surface area contributed by atoms with E-state index in [0.29, 0.717) is 25.6 Å². The van der Waals surface area contributed by atoms with Crippen LogP contribution in [0.5, 0.6) is 5.75 Å². The van der Waals surface area contributed by atoms with Gasteiger partial charge < -0.3 is 20.3 Å². The van der Waals surface area contributed by atoms with Gasteiger partial charge in [0.15, 0.2) is 0 Å². The Kier molecular flexibility index (Phi) is 4.60. The van der Waals surface area contributed by atoms with Crippen LogP contribution in [0.1, 0.15) is 17.3 Å². The predicted octanol–water partition coefficient (Wildman–Crippen LogP) is 1.38. The minimum absolute atomic E-state index is 0.0499. The van der Waals surface area contributed by atoms with Crippen molar-refractivity contribution in [1.82, 2.24) is 0 Å². The Morgan fingerprint density at radius 3 is 2.81 bits per heavy atom. The molecule has 0 unspecified atom stereocenters. The summed E-state index contributed by atoms with van der Waals surface area (Å²) in [5, 5.41) is 8.84. The van der Waals surface area contributed by atoms with E-state index in [4.69, 9.17) is 20.3 Å². The Hall–Kier alpha value is -1.75. The molecular weight excluding hydrogens is 210 g/mol. The number of hydrogen-bond donors (Lipinski definition) is 2. The molecule has 16 heavy (non-hydrogen) atoms. The first kappa shape index (κ1) is 12.3. The number of carbonyl (C=O) groups is 1. The fraction of sp³-hybridized carbons (Fsp3) is 0.364. The molecule has 0 bridgehead atoms. The van der Waals surface area contributed by atoms with Crippen molar-refractivity contribution in [3.05, 3.63) is 23.8 Å². The molecule has 0 radical (unpaired) electrons. The molecule has 5 nitrogen and oxygen atoms in total. The van der Waals surface area contributed by atoms with E-state index in [1.165, 1.54) is 6.07 Å². The van der Waals surface area contributed by atoms with Crippen LogP contribution in [0.15, 0.2) is 18.2 Å². The number of carboxylic acids is 1. The van der Waals surface area contributed by atoms with Crippen LogP contribution in [0.25, 0.3) is 0 Å². The van der Waals surface area contributed by atoms with Gasteiger partial charge in [0.25, 0.3) is 0 Å². The number of nitrogens with two attached hydrogens (primary N) is 1. The van der Waals surface area contributed by atoms with E-state index in [1.807, 2.05) is 6.92 Å². The number of rotatable bonds is 6. The fourth-order valence-electron chi connectivity index (χ4n) is 1.21. The number of ether oxygens (including phenoxy) is 2. The number of aromatic carboxylic acids is 1. The number of nitrogen functional groups attached to an aromatic ring is 1. The van der Waals surface area contributed by atoms with Crippen LogP contribution in [0.3, 0.4) is 0 Å². The maximum Gasteiger partial charge on any atom is 0.337 e. The van der Waals surface area contributed by atoms with E-state index in [0.717, 1.165) is 0 Å². The Labute approximate surface area is 93.8 Å². The Bertz CT molecular complexity index is 365. The Morgan fingerprint density at radius 2 is 2.19 bits per heavy atom. The van der Waals surface area contributed by atoms with Gasteiger partial charge in [0.1, 0.15) is 12.4 Å². The van der Waals surface area contributed by atoms with Crippen molar-refractivity contribution in [2.45, 2.75) is 6.92 Å². The van der Waals surface area contributed by atoms with Gasteiger partial charge in [-0.2, -0.15) is 0 Å². The molecule has 0 amide bonds. The lowest BCUT2D eigenvalue weighted by Gasteiger charge is -2.10. The summed E-state index contributed by atoms with van der Waals surface area (Å²) in [7, 11) is 0.